The normalized spacial score (nSPS) is 12.8. The number of nitrogens with zero attached hydrogens (tertiary/aromatic N) is 1. The highest BCUT2D eigenvalue weighted by Crippen LogP contribution is 2.13. The van der Waals surface area contributed by atoms with Gasteiger partial charge in [0.05, 0.1) is 18.4 Å². The van der Waals surface area contributed by atoms with E-state index >= 15 is 0 Å². The van der Waals surface area contributed by atoms with Gasteiger partial charge in [0.25, 0.3) is 0 Å². The standard InChI is InChI=1S/C8H14N2O2S/c1-6-5-13-8(10-6)9-3-7(11)4-12-2/h5,7,11H,3-4H2,1-2H3,(H,9,10). The molecule has 4 nitrogen and oxygen atoms in total. The van der Waals surface area contributed by atoms with Crippen LogP contribution >= 0.6 is 11.3 Å². The summed E-state index contributed by atoms with van der Waals surface area (Å²) in [5.41, 5.74) is 0.994. The summed E-state index contributed by atoms with van der Waals surface area (Å²) < 4.78 is 4.79. The number of thiazole rings is 1. The molecule has 0 fully saturated rings. The Morgan fingerprint density at radius 3 is 3.08 bits per heavy atom. The third-order valence-corrected chi connectivity index (χ3v) is 2.38. The highest BCUT2D eigenvalue weighted by molar-refractivity contribution is 7.13. The Labute approximate surface area is 81.6 Å². The van der Waals surface area contributed by atoms with Crippen LogP contribution in [0.3, 0.4) is 0 Å². The van der Waals surface area contributed by atoms with Gasteiger partial charge < -0.3 is 15.2 Å². The summed E-state index contributed by atoms with van der Waals surface area (Å²) in [6, 6.07) is 0. The molecule has 0 radical (unpaired) electrons. The first-order chi connectivity index (χ1) is 6.22. The average molecular weight is 202 g/mol. The summed E-state index contributed by atoms with van der Waals surface area (Å²) >= 11 is 1.54. The quantitative estimate of drug-likeness (QED) is 0.744. The first-order valence-corrected chi connectivity index (χ1v) is 4.93. The zero-order valence-corrected chi connectivity index (χ0v) is 8.60. The van der Waals surface area contributed by atoms with Crippen molar-refractivity contribution in [2.24, 2.45) is 0 Å². The monoisotopic (exact) mass is 202 g/mol. The molecule has 0 aliphatic heterocycles. The number of hydrogen-bond donors (Lipinski definition) is 2. The van der Waals surface area contributed by atoms with E-state index in [1.807, 2.05) is 12.3 Å². The van der Waals surface area contributed by atoms with Gasteiger partial charge in [-0.25, -0.2) is 4.98 Å². The topological polar surface area (TPSA) is 54.4 Å². The van der Waals surface area contributed by atoms with Gasteiger partial charge in [-0.3, -0.25) is 0 Å². The minimum absolute atomic E-state index is 0.345. The summed E-state index contributed by atoms with van der Waals surface area (Å²) in [6.45, 7) is 2.76. The van der Waals surface area contributed by atoms with Crippen LogP contribution in [0.5, 0.6) is 0 Å². The molecular formula is C8H14N2O2S. The van der Waals surface area contributed by atoms with Crippen LogP contribution in [0.15, 0.2) is 5.38 Å². The number of rotatable bonds is 5. The lowest BCUT2D eigenvalue weighted by Gasteiger charge is -2.09. The van der Waals surface area contributed by atoms with Crippen LogP contribution in [0, 0.1) is 6.92 Å². The Hall–Kier alpha value is -0.650. The van der Waals surface area contributed by atoms with E-state index in [4.69, 9.17) is 4.74 Å². The highest BCUT2D eigenvalue weighted by atomic mass is 32.1. The molecule has 0 amide bonds. The molecule has 0 aliphatic carbocycles. The number of aromatic nitrogens is 1. The Morgan fingerprint density at radius 2 is 2.54 bits per heavy atom. The molecule has 1 rings (SSSR count). The number of aryl methyl sites for hydroxylation is 1. The number of aliphatic hydroxyl groups is 1. The maximum absolute atomic E-state index is 9.31. The summed E-state index contributed by atoms with van der Waals surface area (Å²) in [7, 11) is 1.57. The van der Waals surface area contributed by atoms with E-state index in [1.165, 1.54) is 11.3 Å². The van der Waals surface area contributed by atoms with Crippen molar-refractivity contribution in [3.05, 3.63) is 11.1 Å². The Kier molecular flexibility index (Phi) is 4.14. The van der Waals surface area contributed by atoms with Crippen molar-refractivity contribution in [1.82, 2.24) is 4.98 Å². The Balaban J connectivity index is 2.26. The molecule has 1 aromatic rings. The zero-order valence-electron chi connectivity index (χ0n) is 7.78. The second-order valence-corrected chi connectivity index (χ2v) is 3.64. The second-order valence-electron chi connectivity index (χ2n) is 2.78. The summed E-state index contributed by atoms with van der Waals surface area (Å²) in [5, 5.41) is 15.1. The Morgan fingerprint density at radius 1 is 1.77 bits per heavy atom. The molecule has 1 atom stereocenters. The number of hydrogen-bond acceptors (Lipinski definition) is 5. The van der Waals surface area contributed by atoms with E-state index < -0.39 is 6.10 Å². The molecule has 0 saturated heterocycles. The van der Waals surface area contributed by atoms with Gasteiger partial charge in [-0.15, -0.1) is 11.3 Å². The van der Waals surface area contributed by atoms with Crippen molar-refractivity contribution in [2.45, 2.75) is 13.0 Å². The lowest BCUT2D eigenvalue weighted by Crippen LogP contribution is -2.24. The molecule has 5 heteroatoms. The molecule has 2 N–H and O–H groups in total. The second kappa shape index (κ2) is 5.16. The lowest BCUT2D eigenvalue weighted by molar-refractivity contribution is 0.0727. The van der Waals surface area contributed by atoms with Crippen LogP contribution in [-0.4, -0.2) is 36.5 Å². The molecule has 0 bridgehead atoms. The predicted octanol–water partition coefficient (Wildman–Crippen LogP) is 0.871. The molecule has 74 valence electrons. The number of anilines is 1. The minimum Gasteiger partial charge on any atom is -0.389 e. The zero-order chi connectivity index (χ0) is 9.68. The molecule has 0 aromatic carbocycles. The van der Waals surface area contributed by atoms with Crippen molar-refractivity contribution < 1.29 is 9.84 Å². The average Bonchev–Trinajstić information content (AvgIpc) is 2.49. The van der Waals surface area contributed by atoms with Gasteiger partial charge in [-0.1, -0.05) is 0 Å². The van der Waals surface area contributed by atoms with Crippen LogP contribution in [-0.2, 0) is 4.74 Å². The molecular weight excluding hydrogens is 188 g/mol. The minimum atomic E-state index is -0.478. The number of nitrogens with one attached hydrogen (secondary N) is 1. The van der Waals surface area contributed by atoms with E-state index in [2.05, 4.69) is 10.3 Å². The van der Waals surface area contributed by atoms with Gasteiger partial charge in [0.2, 0.25) is 0 Å². The summed E-state index contributed by atoms with van der Waals surface area (Å²) in [4.78, 5) is 4.20. The molecule has 1 heterocycles. The molecule has 13 heavy (non-hydrogen) atoms. The van der Waals surface area contributed by atoms with Gasteiger partial charge in [-0.05, 0) is 6.92 Å². The molecule has 0 aliphatic rings. The number of aliphatic hydroxyl groups excluding tert-OH is 1. The fourth-order valence-corrected chi connectivity index (χ4v) is 1.59. The smallest absolute Gasteiger partial charge is 0.182 e. The van der Waals surface area contributed by atoms with Crippen molar-refractivity contribution in [2.75, 3.05) is 25.6 Å². The number of methoxy groups -OCH3 is 1. The van der Waals surface area contributed by atoms with Crippen LogP contribution in [0.1, 0.15) is 5.69 Å². The molecule has 1 aromatic heterocycles. The lowest BCUT2D eigenvalue weighted by atomic mass is 10.4. The van der Waals surface area contributed by atoms with Crippen LogP contribution in [0.4, 0.5) is 5.13 Å². The third kappa shape index (κ3) is 3.71. The maximum Gasteiger partial charge on any atom is 0.182 e. The predicted molar refractivity (Wildman–Crippen MR) is 53.2 cm³/mol. The number of ether oxygens (including phenoxy) is 1. The Bertz CT molecular complexity index is 252. The molecule has 1 unspecified atom stereocenters. The van der Waals surface area contributed by atoms with Crippen molar-refractivity contribution in [3.8, 4) is 0 Å². The van der Waals surface area contributed by atoms with E-state index in [9.17, 15) is 5.11 Å². The van der Waals surface area contributed by atoms with Gasteiger partial charge in [0.1, 0.15) is 0 Å². The van der Waals surface area contributed by atoms with Gasteiger partial charge in [-0.2, -0.15) is 0 Å². The first-order valence-electron chi connectivity index (χ1n) is 4.05. The first kappa shape index (κ1) is 10.4. The van der Waals surface area contributed by atoms with Gasteiger partial charge in [0.15, 0.2) is 5.13 Å². The van der Waals surface area contributed by atoms with E-state index in [-0.39, 0.29) is 0 Å². The van der Waals surface area contributed by atoms with Crippen molar-refractivity contribution in [3.63, 3.8) is 0 Å². The van der Waals surface area contributed by atoms with Crippen molar-refractivity contribution in [1.29, 1.82) is 0 Å². The fourth-order valence-electron chi connectivity index (χ4n) is 0.892. The summed E-state index contributed by atoms with van der Waals surface area (Å²) in [5.74, 6) is 0. The fraction of sp³-hybridized carbons (Fsp3) is 0.625. The third-order valence-electron chi connectivity index (χ3n) is 1.47. The maximum atomic E-state index is 9.31. The molecule has 0 saturated carbocycles. The molecule has 0 spiro atoms. The van der Waals surface area contributed by atoms with Crippen LogP contribution in [0.25, 0.3) is 0 Å². The van der Waals surface area contributed by atoms with E-state index in [1.54, 1.807) is 7.11 Å². The van der Waals surface area contributed by atoms with Gasteiger partial charge >= 0.3 is 0 Å². The highest BCUT2D eigenvalue weighted by Gasteiger charge is 2.03. The summed E-state index contributed by atoms with van der Waals surface area (Å²) in [6.07, 6.45) is -0.478. The van der Waals surface area contributed by atoms with E-state index in [0.717, 1.165) is 10.8 Å². The largest absolute Gasteiger partial charge is 0.389 e. The van der Waals surface area contributed by atoms with Gasteiger partial charge in [0, 0.05) is 19.0 Å². The van der Waals surface area contributed by atoms with E-state index in [0.29, 0.717) is 13.2 Å². The van der Waals surface area contributed by atoms with Crippen molar-refractivity contribution >= 4 is 16.5 Å². The van der Waals surface area contributed by atoms with Crippen LogP contribution in [0.2, 0.25) is 0 Å². The SMILES string of the molecule is COCC(O)CNc1nc(C)cs1. The van der Waals surface area contributed by atoms with Crippen LogP contribution < -0.4 is 5.32 Å².